The minimum Gasteiger partial charge on any atom is -0.290 e. The van der Waals surface area contributed by atoms with E-state index in [1.165, 1.54) is 28.7 Å². The molecular weight excluding hydrogens is 378 g/mol. The fraction of sp³-hybridized carbons (Fsp3) is 0.379. The minimum absolute atomic E-state index is 0.0135. The molecule has 2 heteroatoms. The summed E-state index contributed by atoms with van der Waals surface area (Å²) in [6, 6.07) is 30.2. The highest BCUT2D eigenvalue weighted by molar-refractivity contribution is 5.63. The van der Waals surface area contributed by atoms with Crippen LogP contribution < -0.4 is 0 Å². The van der Waals surface area contributed by atoms with Gasteiger partial charge in [-0.25, -0.2) is 0 Å². The van der Waals surface area contributed by atoms with Gasteiger partial charge in [0.15, 0.2) is 0 Å². The summed E-state index contributed by atoms with van der Waals surface area (Å²) in [4.78, 5) is 6.86. The van der Waals surface area contributed by atoms with Crippen molar-refractivity contribution >= 4 is 0 Å². The molecule has 0 radical (unpaired) electrons. The molecule has 3 aromatic carbocycles. The Hall–Kier alpha value is -2.42. The first kappa shape index (κ1) is 21.8. The second-order valence-electron chi connectivity index (χ2n) is 10.0. The van der Waals surface area contributed by atoms with Gasteiger partial charge in [-0.15, -0.1) is 0 Å². The van der Waals surface area contributed by atoms with Gasteiger partial charge < -0.3 is 0 Å². The molecule has 3 aromatic rings. The highest BCUT2D eigenvalue weighted by Gasteiger charge is 2.43. The van der Waals surface area contributed by atoms with Crippen LogP contribution in [0.5, 0.6) is 0 Å². The fourth-order valence-corrected chi connectivity index (χ4v) is 4.95. The molecule has 1 aliphatic heterocycles. The molecule has 1 fully saturated rings. The lowest BCUT2D eigenvalue weighted by molar-refractivity contribution is -0.307. The van der Waals surface area contributed by atoms with Crippen molar-refractivity contribution in [1.82, 2.24) is 5.06 Å². The topological polar surface area (TPSA) is 12.5 Å². The molecular formula is C29H35NO. The van der Waals surface area contributed by atoms with Crippen LogP contribution >= 0.6 is 0 Å². The smallest absolute Gasteiger partial charge is 0.108 e. The summed E-state index contributed by atoms with van der Waals surface area (Å²) in [5.74, 6) is 0. The van der Waals surface area contributed by atoms with Crippen molar-refractivity contribution in [3.05, 3.63) is 96.1 Å². The van der Waals surface area contributed by atoms with Gasteiger partial charge in [-0.05, 0) is 69.2 Å². The van der Waals surface area contributed by atoms with Crippen molar-refractivity contribution in [2.75, 3.05) is 0 Å². The Labute approximate surface area is 187 Å². The van der Waals surface area contributed by atoms with Crippen LogP contribution in [0.25, 0.3) is 11.1 Å². The quantitative estimate of drug-likeness (QED) is 0.412. The SMILES string of the molecule is CC1(C)CCCC(C)(C)N1OC(Cc1ccc(-c2ccccc2)cc1)c1ccccc1. The lowest BCUT2D eigenvalue weighted by Gasteiger charge is -2.52. The molecule has 0 N–H and O–H groups in total. The summed E-state index contributed by atoms with van der Waals surface area (Å²) in [5.41, 5.74) is 5.06. The van der Waals surface area contributed by atoms with E-state index in [2.05, 4.69) is 118 Å². The first-order chi connectivity index (χ1) is 14.9. The second-order valence-corrected chi connectivity index (χ2v) is 10.0. The van der Waals surface area contributed by atoms with E-state index in [1.54, 1.807) is 0 Å². The lowest BCUT2D eigenvalue weighted by atomic mass is 9.82. The van der Waals surface area contributed by atoms with Crippen LogP contribution in [-0.2, 0) is 11.3 Å². The first-order valence-electron chi connectivity index (χ1n) is 11.5. The van der Waals surface area contributed by atoms with Crippen molar-refractivity contribution in [2.45, 2.75) is 70.6 Å². The van der Waals surface area contributed by atoms with Crippen molar-refractivity contribution in [2.24, 2.45) is 0 Å². The standard InChI is InChI=1S/C29H35NO/c1-28(2)20-11-21-29(3,4)30(28)31-27(26-14-9-6-10-15-26)22-23-16-18-25(19-17-23)24-12-7-5-8-13-24/h5-10,12-19,27H,11,20-22H2,1-4H3. The van der Waals surface area contributed by atoms with Crippen molar-refractivity contribution < 1.29 is 4.84 Å². The Morgan fingerprint density at radius 3 is 1.81 bits per heavy atom. The highest BCUT2D eigenvalue weighted by atomic mass is 16.7. The van der Waals surface area contributed by atoms with Crippen LogP contribution in [0.2, 0.25) is 0 Å². The molecule has 1 saturated heterocycles. The third-order valence-electron chi connectivity index (χ3n) is 6.56. The van der Waals surface area contributed by atoms with Crippen LogP contribution in [0, 0.1) is 0 Å². The van der Waals surface area contributed by atoms with Crippen molar-refractivity contribution in [3.63, 3.8) is 0 Å². The van der Waals surface area contributed by atoms with Crippen LogP contribution in [-0.4, -0.2) is 16.1 Å². The van der Waals surface area contributed by atoms with Crippen LogP contribution in [0.15, 0.2) is 84.9 Å². The van der Waals surface area contributed by atoms with Crippen molar-refractivity contribution in [1.29, 1.82) is 0 Å². The fourth-order valence-electron chi connectivity index (χ4n) is 4.95. The predicted molar refractivity (Wildman–Crippen MR) is 130 cm³/mol. The Morgan fingerprint density at radius 2 is 1.23 bits per heavy atom. The number of rotatable bonds is 6. The maximum Gasteiger partial charge on any atom is 0.108 e. The molecule has 0 spiro atoms. The van der Waals surface area contributed by atoms with E-state index in [1.807, 2.05) is 0 Å². The number of benzene rings is 3. The van der Waals surface area contributed by atoms with Gasteiger partial charge in [-0.2, -0.15) is 5.06 Å². The Bertz CT molecular complexity index is 945. The van der Waals surface area contributed by atoms with E-state index in [9.17, 15) is 0 Å². The maximum absolute atomic E-state index is 6.86. The van der Waals surface area contributed by atoms with Crippen LogP contribution in [0.4, 0.5) is 0 Å². The van der Waals surface area contributed by atoms with Gasteiger partial charge in [0, 0.05) is 17.5 Å². The molecule has 2 nitrogen and oxygen atoms in total. The molecule has 162 valence electrons. The molecule has 0 saturated carbocycles. The second kappa shape index (κ2) is 8.98. The van der Waals surface area contributed by atoms with E-state index in [4.69, 9.17) is 4.84 Å². The Morgan fingerprint density at radius 1 is 0.710 bits per heavy atom. The third-order valence-corrected chi connectivity index (χ3v) is 6.56. The van der Waals surface area contributed by atoms with E-state index in [0.717, 1.165) is 19.3 Å². The van der Waals surface area contributed by atoms with Crippen LogP contribution in [0.3, 0.4) is 0 Å². The summed E-state index contributed by atoms with van der Waals surface area (Å²) >= 11 is 0. The van der Waals surface area contributed by atoms with Gasteiger partial charge in [0.2, 0.25) is 0 Å². The monoisotopic (exact) mass is 413 g/mol. The van der Waals surface area contributed by atoms with E-state index in [-0.39, 0.29) is 17.2 Å². The molecule has 0 amide bonds. The maximum atomic E-state index is 6.86. The molecule has 0 bridgehead atoms. The average Bonchev–Trinajstić information content (AvgIpc) is 2.77. The predicted octanol–water partition coefficient (Wildman–Crippen LogP) is 7.61. The van der Waals surface area contributed by atoms with E-state index >= 15 is 0 Å². The molecule has 1 unspecified atom stereocenters. The molecule has 31 heavy (non-hydrogen) atoms. The molecule has 0 aromatic heterocycles. The summed E-state index contributed by atoms with van der Waals surface area (Å²) in [7, 11) is 0. The van der Waals surface area contributed by atoms with Gasteiger partial charge in [-0.3, -0.25) is 4.84 Å². The molecule has 1 aliphatic rings. The number of hydroxylamine groups is 2. The van der Waals surface area contributed by atoms with Crippen LogP contribution in [0.1, 0.15) is 64.2 Å². The zero-order valence-corrected chi connectivity index (χ0v) is 19.3. The number of hydrogen-bond acceptors (Lipinski definition) is 2. The Balaban J connectivity index is 1.59. The molecule has 1 heterocycles. The molecule has 0 aliphatic carbocycles. The highest BCUT2D eigenvalue weighted by Crippen LogP contribution is 2.41. The molecule has 4 rings (SSSR count). The lowest BCUT2D eigenvalue weighted by Crippen LogP contribution is -2.58. The average molecular weight is 414 g/mol. The zero-order valence-electron chi connectivity index (χ0n) is 19.3. The number of piperidine rings is 1. The van der Waals surface area contributed by atoms with Gasteiger partial charge in [0.05, 0.1) is 0 Å². The third kappa shape index (κ3) is 5.08. The largest absolute Gasteiger partial charge is 0.290 e. The van der Waals surface area contributed by atoms with Gasteiger partial charge in [-0.1, -0.05) is 84.9 Å². The number of hydrogen-bond donors (Lipinski definition) is 0. The Kier molecular flexibility index (Phi) is 6.31. The minimum atomic E-state index is -0.0135. The number of nitrogens with zero attached hydrogens (tertiary/aromatic N) is 1. The van der Waals surface area contributed by atoms with Gasteiger partial charge in [0.1, 0.15) is 6.10 Å². The summed E-state index contributed by atoms with van der Waals surface area (Å²) in [5, 5.41) is 2.29. The summed E-state index contributed by atoms with van der Waals surface area (Å²) in [6.45, 7) is 9.24. The summed E-state index contributed by atoms with van der Waals surface area (Å²) in [6.07, 6.45) is 4.40. The van der Waals surface area contributed by atoms with E-state index in [0.29, 0.717) is 0 Å². The molecule has 1 atom stereocenters. The zero-order chi connectivity index (χ0) is 21.9. The van der Waals surface area contributed by atoms with Gasteiger partial charge in [0.25, 0.3) is 0 Å². The van der Waals surface area contributed by atoms with E-state index < -0.39 is 0 Å². The first-order valence-corrected chi connectivity index (χ1v) is 11.5. The van der Waals surface area contributed by atoms with Gasteiger partial charge >= 0.3 is 0 Å². The van der Waals surface area contributed by atoms with Crippen molar-refractivity contribution in [3.8, 4) is 11.1 Å². The normalized spacial score (nSPS) is 19.1. The summed E-state index contributed by atoms with van der Waals surface area (Å²) < 4.78 is 0.